The Kier molecular flexibility index (Phi) is 5.46. The summed E-state index contributed by atoms with van der Waals surface area (Å²) in [4.78, 5) is 15.1. The molecule has 1 aliphatic heterocycles. The lowest BCUT2D eigenvalue weighted by atomic mass is 10.1. The van der Waals surface area contributed by atoms with Crippen LogP contribution in [-0.2, 0) is 10.0 Å². The fraction of sp³-hybridized carbons (Fsp3) is 0.643. The number of amides is 2. The lowest BCUT2D eigenvalue weighted by molar-refractivity contribution is 0.183. The second-order valence-electron chi connectivity index (χ2n) is 5.71. The van der Waals surface area contributed by atoms with Crippen molar-refractivity contribution in [2.45, 2.75) is 31.8 Å². The molecular formula is C14H23N3O3S2. The maximum absolute atomic E-state index is 12.4. The van der Waals surface area contributed by atoms with E-state index in [1.54, 1.807) is 23.3 Å². The first-order valence-electron chi connectivity index (χ1n) is 7.31. The molecule has 6 nitrogen and oxygen atoms in total. The van der Waals surface area contributed by atoms with Crippen molar-refractivity contribution in [2.24, 2.45) is 0 Å². The molecule has 22 heavy (non-hydrogen) atoms. The fourth-order valence-corrected chi connectivity index (χ4v) is 4.27. The number of sulfonamides is 1. The lowest BCUT2D eigenvalue weighted by Gasteiger charge is -2.33. The summed E-state index contributed by atoms with van der Waals surface area (Å²) in [6.07, 6.45) is 2.78. The van der Waals surface area contributed by atoms with E-state index in [9.17, 15) is 13.2 Å². The molecule has 0 aromatic carbocycles. The van der Waals surface area contributed by atoms with Gasteiger partial charge in [0.25, 0.3) is 0 Å². The van der Waals surface area contributed by atoms with E-state index in [4.69, 9.17) is 0 Å². The van der Waals surface area contributed by atoms with Gasteiger partial charge in [-0.1, -0.05) is 6.07 Å². The number of carbonyl (C=O) groups excluding carboxylic acids is 1. The molecule has 2 heterocycles. The molecule has 0 aliphatic carbocycles. The fourth-order valence-electron chi connectivity index (χ4n) is 2.53. The Labute approximate surface area is 136 Å². The highest BCUT2D eigenvalue weighted by atomic mass is 32.2. The molecule has 2 rings (SSSR count). The van der Waals surface area contributed by atoms with E-state index in [-0.39, 0.29) is 18.1 Å². The van der Waals surface area contributed by atoms with Gasteiger partial charge in [0.15, 0.2) is 0 Å². The summed E-state index contributed by atoms with van der Waals surface area (Å²) < 4.78 is 24.7. The van der Waals surface area contributed by atoms with Crippen LogP contribution in [0.25, 0.3) is 0 Å². The van der Waals surface area contributed by atoms with Crippen molar-refractivity contribution in [3.63, 3.8) is 0 Å². The largest absolute Gasteiger partial charge is 0.334 e. The average Bonchev–Trinajstić information content (AvgIpc) is 2.99. The minimum atomic E-state index is -3.20. The van der Waals surface area contributed by atoms with Crippen molar-refractivity contribution in [1.29, 1.82) is 0 Å². The standard InChI is InChI=1S/C14H23N3O3S2/c1-11(13-7-5-9-21-13)16(2)14(18)15-12-6-4-8-17(10-12)22(3,19)20/h5,7,9,11-12H,4,6,8,10H2,1-3H3,(H,15,18)/t11-,12+/m0/s1. The molecule has 2 amide bonds. The Bertz CT molecular complexity index is 601. The first-order valence-corrected chi connectivity index (χ1v) is 10.0. The SMILES string of the molecule is C[C@@H](c1cccs1)N(C)C(=O)N[C@@H]1CCCN(S(C)(=O)=O)C1. The Hall–Kier alpha value is -1.12. The minimum absolute atomic E-state index is 0.00500. The predicted molar refractivity (Wildman–Crippen MR) is 88.5 cm³/mol. The molecule has 0 radical (unpaired) electrons. The Morgan fingerprint density at radius 2 is 2.27 bits per heavy atom. The number of hydrogen-bond donors (Lipinski definition) is 1. The number of thiophene rings is 1. The summed E-state index contributed by atoms with van der Waals surface area (Å²) >= 11 is 1.62. The quantitative estimate of drug-likeness (QED) is 0.906. The van der Waals surface area contributed by atoms with Gasteiger partial charge in [-0.15, -0.1) is 11.3 Å². The maximum Gasteiger partial charge on any atom is 0.317 e. The van der Waals surface area contributed by atoms with Gasteiger partial charge in [0.1, 0.15) is 0 Å². The molecule has 8 heteroatoms. The number of carbonyl (C=O) groups is 1. The highest BCUT2D eigenvalue weighted by Gasteiger charge is 2.28. The van der Waals surface area contributed by atoms with Crippen molar-refractivity contribution in [2.75, 3.05) is 26.4 Å². The van der Waals surface area contributed by atoms with Gasteiger partial charge in [-0.2, -0.15) is 0 Å². The summed E-state index contributed by atoms with van der Waals surface area (Å²) in [6.45, 7) is 2.87. The third kappa shape index (κ3) is 4.21. The van der Waals surface area contributed by atoms with E-state index >= 15 is 0 Å². The predicted octanol–water partition coefficient (Wildman–Crippen LogP) is 1.87. The van der Waals surface area contributed by atoms with Crippen molar-refractivity contribution < 1.29 is 13.2 Å². The molecule has 1 aromatic heterocycles. The number of nitrogens with one attached hydrogen (secondary N) is 1. The van der Waals surface area contributed by atoms with Crippen molar-refractivity contribution in [3.05, 3.63) is 22.4 Å². The normalized spacial score (nSPS) is 21.3. The van der Waals surface area contributed by atoms with E-state index in [2.05, 4.69) is 5.32 Å². The molecule has 1 fully saturated rings. The van der Waals surface area contributed by atoms with Crippen LogP contribution in [0.5, 0.6) is 0 Å². The molecule has 1 aliphatic rings. The maximum atomic E-state index is 12.4. The van der Waals surface area contributed by atoms with Crippen molar-refractivity contribution in [1.82, 2.24) is 14.5 Å². The van der Waals surface area contributed by atoms with Gasteiger partial charge in [-0.05, 0) is 31.2 Å². The zero-order chi connectivity index (χ0) is 16.3. The third-order valence-corrected chi connectivity index (χ3v) is 6.35. The number of piperidine rings is 1. The summed E-state index contributed by atoms with van der Waals surface area (Å²) in [7, 11) is -1.44. The summed E-state index contributed by atoms with van der Waals surface area (Å²) in [6, 6.07) is 3.67. The van der Waals surface area contributed by atoms with Crippen molar-refractivity contribution in [3.8, 4) is 0 Å². The van der Waals surface area contributed by atoms with Gasteiger partial charge in [0.05, 0.1) is 12.3 Å². The average molecular weight is 345 g/mol. The van der Waals surface area contributed by atoms with E-state index in [0.717, 1.165) is 17.7 Å². The van der Waals surface area contributed by atoms with Crippen LogP contribution in [0, 0.1) is 0 Å². The van der Waals surface area contributed by atoms with E-state index in [0.29, 0.717) is 13.1 Å². The molecule has 1 aromatic rings. The zero-order valence-electron chi connectivity index (χ0n) is 13.2. The molecule has 0 spiro atoms. The second kappa shape index (κ2) is 6.97. The zero-order valence-corrected chi connectivity index (χ0v) is 14.8. The van der Waals surface area contributed by atoms with Gasteiger partial charge in [-0.3, -0.25) is 0 Å². The van der Waals surface area contributed by atoms with Gasteiger partial charge < -0.3 is 10.2 Å². The Morgan fingerprint density at radius 1 is 1.55 bits per heavy atom. The first kappa shape index (κ1) is 17.2. The lowest BCUT2D eigenvalue weighted by Crippen LogP contribution is -2.52. The molecule has 1 saturated heterocycles. The summed E-state index contributed by atoms with van der Waals surface area (Å²) in [5.74, 6) is 0. The number of hydrogen-bond acceptors (Lipinski definition) is 4. The molecule has 0 unspecified atom stereocenters. The number of nitrogens with zero attached hydrogens (tertiary/aromatic N) is 2. The topological polar surface area (TPSA) is 69.7 Å². The van der Waals surface area contributed by atoms with E-state index in [1.807, 2.05) is 24.4 Å². The van der Waals surface area contributed by atoms with Gasteiger partial charge in [0, 0.05) is 31.1 Å². The molecule has 0 saturated carbocycles. The van der Waals surface area contributed by atoms with Gasteiger partial charge in [-0.25, -0.2) is 17.5 Å². The van der Waals surface area contributed by atoms with Crippen LogP contribution in [0.4, 0.5) is 4.79 Å². The van der Waals surface area contributed by atoms with Crippen LogP contribution >= 0.6 is 11.3 Å². The summed E-state index contributed by atoms with van der Waals surface area (Å²) in [5, 5.41) is 4.94. The minimum Gasteiger partial charge on any atom is -0.334 e. The molecule has 0 bridgehead atoms. The monoisotopic (exact) mass is 345 g/mol. The third-order valence-electron chi connectivity index (χ3n) is 4.04. The summed E-state index contributed by atoms with van der Waals surface area (Å²) in [5.41, 5.74) is 0. The highest BCUT2D eigenvalue weighted by Crippen LogP contribution is 2.23. The van der Waals surface area contributed by atoms with Crippen LogP contribution in [-0.4, -0.2) is 56.1 Å². The first-order chi connectivity index (χ1) is 10.3. The molecular weight excluding hydrogens is 322 g/mol. The van der Waals surface area contributed by atoms with Crippen LogP contribution in [0.15, 0.2) is 17.5 Å². The number of urea groups is 1. The second-order valence-corrected chi connectivity index (χ2v) is 8.67. The molecule has 124 valence electrons. The van der Waals surface area contributed by atoms with Crippen LogP contribution < -0.4 is 5.32 Å². The van der Waals surface area contributed by atoms with Gasteiger partial charge in [0.2, 0.25) is 10.0 Å². The smallest absolute Gasteiger partial charge is 0.317 e. The highest BCUT2D eigenvalue weighted by molar-refractivity contribution is 7.88. The van der Waals surface area contributed by atoms with Crippen LogP contribution in [0.1, 0.15) is 30.7 Å². The van der Waals surface area contributed by atoms with Crippen molar-refractivity contribution >= 4 is 27.4 Å². The van der Waals surface area contributed by atoms with E-state index < -0.39 is 10.0 Å². The molecule has 2 atom stereocenters. The van der Waals surface area contributed by atoms with E-state index in [1.165, 1.54) is 10.6 Å². The van der Waals surface area contributed by atoms with Gasteiger partial charge >= 0.3 is 6.03 Å². The Balaban J connectivity index is 1.93. The van der Waals surface area contributed by atoms with Crippen LogP contribution in [0.3, 0.4) is 0 Å². The Morgan fingerprint density at radius 3 is 2.86 bits per heavy atom. The molecule has 1 N–H and O–H groups in total. The number of rotatable bonds is 4. The van der Waals surface area contributed by atoms with Crippen LogP contribution in [0.2, 0.25) is 0 Å².